The Balaban J connectivity index is 2.36. The first-order valence-electron chi connectivity index (χ1n) is 20.7. The third kappa shape index (κ3) is 30.9. The lowest BCUT2D eigenvalue weighted by Gasteiger charge is -2.26. The molecule has 0 aliphatic carbocycles. The zero-order valence-corrected chi connectivity index (χ0v) is 40.4. The van der Waals surface area contributed by atoms with Crippen molar-refractivity contribution in [1.82, 2.24) is 37.2 Å². The van der Waals surface area contributed by atoms with E-state index in [0.29, 0.717) is 30.7 Å². The number of methoxy groups -OCH3 is 1. The van der Waals surface area contributed by atoms with Gasteiger partial charge in [0, 0.05) is 64.3 Å². The number of primary amides is 1. The molecule has 1 aromatic rings. The molecule has 1 rings (SSSR count). The molecule has 0 aliphatic rings. The van der Waals surface area contributed by atoms with Crippen molar-refractivity contribution >= 4 is 79.6 Å². The Morgan fingerprint density at radius 2 is 1.35 bits per heavy atom. The molecule has 1 aromatic heterocycles. The van der Waals surface area contributed by atoms with E-state index >= 15 is 0 Å². The first kappa shape index (κ1) is 55.4. The molecule has 0 aromatic carbocycles. The van der Waals surface area contributed by atoms with Gasteiger partial charge in [-0.25, -0.2) is 15.9 Å². The molecule has 0 saturated heterocycles. The second-order valence-corrected chi connectivity index (χ2v) is 25.9. The largest absolute Gasteiger partial charge is 0.415 e. The van der Waals surface area contributed by atoms with Crippen molar-refractivity contribution in [1.29, 1.82) is 1.43 Å². The minimum atomic E-state index is -2.36. The Bertz CT molecular complexity index is 1570. The lowest BCUT2D eigenvalue weighted by molar-refractivity contribution is -0.141. The molecule has 0 fully saturated rings. The van der Waals surface area contributed by atoms with Crippen LogP contribution in [0.25, 0.3) is 0 Å². The maximum atomic E-state index is 12.9. The predicted molar refractivity (Wildman–Crippen MR) is 239 cm³/mol. The SMILES string of the molecule is [3H]OCC(NC(=O)CC[Si](C)(C)OCCO[Si](C)(C)CCC(=O)NC(COCOC)C(=O)NOCCNC(=O)CCSSc1ccccn1)C(=O)NOCCNC(=O)CCCC(N)=O. The fraction of sp³-hybridized carbons (Fsp3) is 0.676. The van der Waals surface area contributed by atoms with Crippen LogP contribution < -0.4 is 38.0 Å². The number of rotatable bonds is 38. The molecule has 0 aliphatic heterocycles. The normalized spacial score (nSPS) is 12.6. The van der Waals surface area contributed by atoms with Gasteiger partial charge in [0.25, 0.3) is 11.8 Å². The van der Waals surface area contributed by atoms with Crippen molar-refractivity contribution in [3.63, 3.8) is 0 Å². The van der Waals surface area contributed by atoms with E-state index in [-0.39, 0.29) is 90.4 Å². The number of carbonyl (C=O) groups is 7. The first-order chi connectivity index (χ1) is 30.5. The van der Waals surface area contributed by atoms with Gasteiger partial charge in [-0.1, -0.05) is 16.9 Å². The van der Waals surface area contributed by atoms with Gasteiger partial charge in [-0.2, -0.15) is 0 Å². The molecule has 2 atom stereocenters. The number of nitrogens with one attached hydrogen (secondary N) is 6. The van der Waals surface area contributed by atoms with Crippen molar-refractivity contribution < 1.29 is 66.7 Å². The fourth-order valence-corrected chi connectivity index (χ4v) is 9.95. The molecule has 63 heavy (non-hydrogen) atoms. The number of nitrogens with zero attached hydrogens (tertiary/aromatic N) is 1. The van der Waals surface area contributed by atoms with Gasteiger partial charge in [0.15, 0.2) is 16.6 Å². The third-order valence-electron chi connectivity index (χ3n) is 8.35. The summed E-state index contributed by atoms with van der Waals surface area (Å²) in [6, 6.07) is 4.20. The van der Waals surface area contributed by atoms with E-state index in [0.717, 1.165) is 5.03 Å². The minimum Gasteiger partial charge on any atom is -0.415 e. The zero-order valence-electron chi connectivity index (χ0n) is 37.7. The molecule has 7 amide bonds. The number of pyridine rings is 1. The molecule has 22 nitrogen and oxygen atoms in total. The topological polar surface area (TPSA) is 306 Å². The first-order valence-corrected chi connectivity index (χ1v) is 28.9. The lowest BCUT2D eigenvalue weighted by Crippen LogP contribution is -2.50. The summed E-state index contributed by atoms with van der Waals surface area (Å²) in [6.45, 7) is 7.79. The second kappa shape index (κ2) is 33.8. The molecule has 0 saturated carbocycles. The number of carbonyl (C=O) groups excluding carboxylic acids is 7. The van der Waals surface area contributed by atoms with E-state index in [1.807, 2.05) is 44.4 Å². The number of hydrogen-bond acceptors (Lipinski definition) is 17. The second-order valence-electron chi connectivity index (χ2n) is 14.9. The standard InChI is InChI=1S/C37H66N8O14S2Si2/c1-54-27-55-26-29(37(53)45-57-19-17-40-32(49)12-22-60-61-35-11-6-7-15-41-35)43-34(51)14-24-63(4,5)59-21-20-58-62(2,3)23-13-33(50)42-28(25-46)36(52)44-56-18-16-39-31(48)10-8-9-30(38)47/h6-7,11,15,28-29,46H,8-10,12-14,16-27H2,1-5H3,(H2,38,47)(H,39,48)(H,40,49)(H,42,50)(H,43,51)(H,44,52)(H,45,53)/i46T. The van der Waals surface area contributed by atoms with Gasteiger partial charge in [0.05, 0.1) is 39.6 Å². The van der Waals surface area contributed by atoms with Gasteiger partial charge in [0.1, 0.15) is 23.9 Å². The maximum absolute atomic E-state index is 12.9. The Morgan fingerprint density at radius 3 is 1.89 bits per heavy atom. The molecule has 0 radical (unpaired) electrons. The third-order valence-corrected chi connectivity index (χ3v) is 15.5. The van der Waals surface area contributed by atoms with Crippen molar-refractivity contribution in [3.8, 4) is 0 Å². The highest BCUT2D eigenvalue weighted by Gasteiger charge is 2.29. The van der Waals surface area contributed by atoms with Gasteiger partial charge in [-0.15, -0.1) is 0 Å². The summed E-state index contributed by atoms with van der Waals surface area (Å²) in [5.74, 6) is -2.61. The minimum absolute atomic E-state index is 0.000236. The quantitative estimate of drug-likeness (QED) is 0.0142. The molecule has 1 heterocycles. The molecular formula is C37H66N8O14S2Si2. The monoisotopic (exact) mass is 968 g/mol. The molecule has 26 heteroatoms. The van der Waals surface area contributed by atoms with E-state index in [2.05, 4.69) is 42.3 Å². The average molecular weight is 969 g/mol. The van der Waals surface area contributed by atoms with E-state index in [1.165, 1.54) is 28.7 Å². The summed E-state index contributed by atoms with van der Waals surface area (Å²) in [6.07, 6.45) is 2.67. The van der Waals surface area contributed by atoms with Crippen LogP contribution in [0, 0.1) is 0 Å². The predicted octanol–water partition coefficient (Wildman–Crippen LogP) is 0.00160. The number of aliphatic hydroxyl groups excluding tert-OH is 1. The van der Waals surface area contributed by atoms with Crippen LogP contribution in [0.4, 0.5) is 0 Å². The molecule has 0 bridgehead atoms. The van der Waals surface area contributed by atoms with E-state index < -0.39 is 64.9 Å². The Kier molecular flexibility index (Phi) is 29.7. The number of hydrogen-bond donors (Lipinski definition) is 8. The van der Waals surface area contributed by atoms with Crippen LogP contribution in [0.3, 0.4) is 0 Å². The van der Waals surface area contributed by atoms with E-state index in [9.17, 15) is 33.6 Å². The van der Waals surface area contributed by atoms with Crippen molar-refractivity contribution in [2.45, 2.75) is 93.9 Å². The van der Waals surface area contributed by atoms with Crippen LogP contribution in [-0.2, 0) is 61.6 Å². The smallest absolute Gasteiger partial charge is 0.268 e. The average Bonchev–Trinajstić information content (AvgIpc) is 3.24. The van der Waals surface area contributed by atoms with E-state index in [4.69, 9.17) is 35.2 Å². The Labute approximate surface area is 380 Å². The van der Waals surface area contributed by atoms with Crippen LogP contribution in [0.1, 0.15) is 38.5 Å². The molecule has 9 N–H and O–H groups in total. The Morgan fingerprint density at radius 1 is 0.778 bits per heavy atom. The summed E-state index contributed by atoms with van der Waals surface area (Å²) < 4.78 is 29.5. The Hall–Kier alpha value is -3.71. The van der Waals surface area contributed by atoms with Crippen molar-refractivity contribution in [2.24, 2.45) is 5.73 Å². The molecule has 2 unspecified atom stereocenters. The molecule has 0 spiro atoms. The zero-order chi connectivity index (χ0) is 47.6. The summed E-state index contributed by atoms with van der Waals surface area (Å²) in [5.41, 5.74) is 9.50. The van der Waals surface area contributed by atoms with Gasteiger partial charge in [-0.05, 0) is 67.6 Å². The van der Waals surface area contributed by atoms with E-state index in [1.54, 1.807) is 6.20 Å². The molecular weight excluding hydrogens is 901 g/mol. The number of aliphatic hydroxyl groups is 1. The summed E-state index contributed by atoms with van der Waals surface area (Å²) in [4.78, 5) is 100. The van der Waals surface area contributed by atoms with Crippen LogP contribution in [0.2, 0.25) is 38.3 Å². The highest BCUT2D eigenvalue weighted by atomic mass is 33.1. The lowest BCUT2D eigenvalue weighted by atomic mass is 10.2. The van der Waals surface area contributed by atoms with Gasteiger partial charge < -0.3 is 50.4 Å². The van der Waals surface area contributed by atoms with Crippen LogP contribution in [0.15, 0.2) is 29.4 Å². The van der Waals surface area contributed by atoms with Crippen LogP contribution in [0.5, 0.6) is 0 Å². The fourth-order valence-electron chi connectivity index (χ4n) is 4.86. The number of ether oxygens (including phenoxy) is 2. The van der Waals surface area contributed by atoms with Gasteiger partial charge in [-0.3, -0.25) is 43.2 Å². The van der Waals surface area contributed by atoms with Crippen LogP contribution in [-0.4, -0.2) is 154 Å². The molecule has 358 valence electrons. The number of aromatic nitrogens is 1. The highest BCUT2D eigenvalue weighted by Crippen LogP contribution is 2.29. The maximum Gasteiger partial charge on any atom is 0.268 e. The van der Waals surface area contributed by atoms with Gasteiger partial charge >= 0.3 is 0 Å². The number of amides is 7. The van der Waals surface area contributed by atoms with Crippen molar-refractivity contribution in [2.75, 3.05) is 72.4 Å². The summed E-state index contributed by atoms with van der Waals surface area (Å²) in [5, 5.41) is 15.7. The van der Waals surface area contributed by atoms with Crippen LogP contribution >= 0.6 is 21.6 Å². The number of hydroxylamine groups is 2. The number of nitrogens with two attached hydrogens (primary N) is 1. The van der Waals surface area contributed by atoms with Crippen molar-refractivity contribution in [3.05, 3.63) is 24.4 Å². The highest BCUT2D eigenvalue weighted by molar-refractivity contribution is 8.76. The summed E-state index contributed by atoms with van der Waals surface area (Å²) in [7, 11) is -0.278. The van der Waals surface area contributed by atoms with Gasteiger partial charge in [0.2, 0.25) is 31.0 Å². The summed E-state index contributed by atoms with van der Waals surface area (Å²) >= 11 is 0.